The minimum atomic E-state index is 0.572. The molecule has 0 saturated heterocycles. The normalized spacial score (nSPS) is 37.6. The number of hydrogen-bond acceptors (Lipinski definition) is 2. The first-order valence-electron chi connectivity index (χ1n) is 6.36. The zero-order valence-corrected chi connectivity index (χ0v) is 9.47. The lowest BCUT2D eigenvalue weighted by atomic mass is 9.71. The van der Waals surface area contributed by atoms with Crippen molar-refractivity contribution < 1.29 is 0 Å². The summed E-state index contributed by atoms with van der Waals surface area (Å²) < 4.78 is 0. The van der Waals surface area contributed by atoms with Crippen LogP contribution < -0.4 is 0 Å². The molecule has 2 aliphatic rings. The van der Waals surface area contributed by atoms with E-state index in [1.54, 1.807) is 6.21 Å². The highest BCUT2D eigenvalue weighted by atomic mass is 14.4. The van der Waals surface area contributed by atoms with Crippen molar-refractivity contribution in [3.63, 3.8) is 0 Å². The summed E-state index contributed by atoms with van der Waals surface area (Å²) in [7, 11) is 0. The smallest absolute Gasteiger partial charge is 0.00893 e. The van der Waals surface area contributed by atoms with Gasteiger partial charge in [-0.15, -0.1) is 0 Å². The fraction of sp³-hybridized carbons (Fsp3) is 0.846. The van der Waals surface area contributed by atoms with Crippen LogP contribution in [0.25, 0.3) is 0 Å². The van der Waals surface area contributed by atoms with Gasteiger partial charge in [-0.1, -0.05) is 0 Å². The van der Waals surface area contributed by atoms with E-state index in [1.165, 1.54) is 38.5 Å². The van der Waals surface area contributed by atoms with Crippen LogP contribution in [0.15, 0.2) is 0 Å². The summed E-state index contributed by atoms with van der Waals surface area (Å²) in [5, 5.41) is 14.9. The van der Waals surface area contributed by atoms with Crippen molar-refractivity contribution in [1.82, 2.24) is 0 Å². The van der Waals surface area contributed by atoms with E-state index < -0.39 is 0 Å². The first-order valence-corrected chi connectivity index (χ1v) is 6.36. The molecule has 84 valence electrons. The SMILES string of the molecule is N=CC1CCC(C2CCC(=N)CC2)CC1. The molecule has 2 heteroatoms. The first-order chi connectivity index (χ1) is 7.29. The van der Waals surface area contributed by atoms with Crippen LogP contribution in [0.3, 0.4) is 0 Å². The molecule has 2 aliphatic carbocycles. The molecular formula is C13H22N2. The van der Waals surface area contributed by atoms with Gasteiger partial charge in [-0.05, 0) is 75.3 Å². The standard InChI is InChI=1S/C13H22N2/c14-9-10-1-3-11(4-2-10)12-5-7-13(15)8-6-12/h9-12,14-15H,1-8H2. The van der Waals surface area contributed by atoms with Gasteiger partial charge in [0, 0.05) is 5.71 Å². The molecule has 0 heterocycles. The lowest BCUT2D eigenvalue weighted by Crippen LogP contribution is -2.25. The van der Waals surface area contributed by atoms with Crippen LogP contribution >= 0.6 is 0 Å². The summed E-state index contributed by atoms with van der Waals surface area (Å²) in [6.45, 7) is 0. The molecule has 0 aliphatic heterocycles. The van der Waals surface area contributed by atoms with E-state index >= 15 is 0 Å². The molecular weight excluding hydrogens is 184 g/mol. The molecule has 15 heavy (non-hydrogen) atoms. The summed E-state index contributed by atoms with van der Waals surface area (Å²) in [5.74, 6) is 2.38. The van der Waals surface area contributed by atoms with Crippen LogP contribution in [-0.2, 0) is 0 Å². The summed E-state index contributed by atoms with van der Waals surface area (Å²) in [6.07, 6.45) is 11.4. The average Bonchev–Trinajstić information content (AvgIpc) is 2.30. The third-order valence-electron chi connectivity index (χ3n) is 4.35. The van der Waals surface area contributed by atoms with Gasteiger partial charge in [-0.2, -0.15) is 0 Å². The molecule has 0 aromatic rings. The van der Waals surface area contributed by atoms with Gasteiger partial charge in [0.2, 0.25) is 0 Å². The van der Waals surface area contributed by atoms with E-state index in [9.17, 15) is 0 Å². The maximum atomic E-state index is 7.62. The zero-order valence-electron chi connectivity index (χ0n) is 9.47. The molecule has 0 aromatic carbocycles. The molecule has 0 spiro atoms. The van der Waals surface area contributed by atoms with Gasteiger partial charge in [-0.25, -0.2) is 0 Å². The predicted octanol–water partition coefficient (Wildman–Crippen LogP) is 3.65. The van der Waals surface area contributed by atoms with E-state index in [0.29, 0.717) is 5.92 Å². The van der Waals surface area contributed by atoms with Crippen LogP contribution in [0, 0.1) is 28.6 Å². The molecule has 0 aromatic heterocycles. The van der Waals surface area contributed by atoms with Crippen molar-refractivity contribution in [2.75, 3.05) is 0 Å². The van der Waals surface area contributed by atoms with Gasteiger partial charge in [0.1, 0.15) is 0 Å². The molecule has 0 radical (unpaired) electrons. The largest absolute Gasteiger partial charge is 0.313 e. The molecule has 0 unspecified atom stereocenters. The second-order valence-corrected chi connectivity index (χ2v) is 5.28. The molecule has 0 bridgehead atoms. The summed E-state index contributed by atoms with van der Waals surface area (Å²) in [4.78, 5) is 0. The van der Waals surface area contributed by atoms with Crippen LogP contribution in [0.2, 0.25) is 0 Å². The summed E-state index contributed by atoms with van der Waals surface area (Å²) >= 11 is 0. The van der Waals surface area contributed by atoms with Gasteiger partial charge < -0.3 is 10.8 Å². The fourth-order valence-electron chi connectivity index (χ4n) is 3.24. The minimum absolute atomic E-state index is 0.572. The highest BCUT2D eigenvalue weighted by molar-refractivity contribution is 5.81. The molecule has 2 rings (SSSR count). The van der Waals surface area contributed by atoms with E-state index in [-0.39, 0.29) is 0 Å². The van der Waals surface area contributed by atoms with Gasteiger partial charge in [0.15, 0.2) is 0 Å². The van der Waals surface area contributed by atoms with Gasteiger partial charge >= 0.3 is 0 Å². The van der Waals surface area contributed by atoms with Crippen LogP contribution in [0.1, 0.15) is 51.4 Å². The Labute approximate surface area is 92.5 Å². The van der Waals surface area contributed by atoms with Gasteiger partial charge in [0.05, 0.1) is 0 Å². The highest BCUT2D eigenvalue weighted by Gasteiger charge is 2.28. The lowest BCUT2D eigenvalue weighted by Gasteiger charge is -2.35. The van der Waals surface area contributed by atoms with Crippen LogP contribution in [0.5, 0.6) is 0 Å². The Balaban J connectivity index is 1.80. The Morgan fingerprint density at radius 2 is 1.40 bits per heavy atom. The number of rotatable bonds is 2. The molecule has 2 N–H and O–H groups in total. The van der Waals surface area contributed by atoms with Crippen molar-refractivity contribution in [2.24, 2.45) is 17.8 Å². The molecule has 2 nitrogen and oxygen atoms in total. The van der Waals surface area contributed by atoms with Gasteiger partial charge in [0.25, 0.3) is 0 Å². The first kappa shape index (κ1) is 10.8. The lowest BCUT2D eigenvalue weighted by molar-refractivity contribution is 0.207. The van der Waals surface area contributed by atoms with E-state index in [2.05, 4.69) is 0 Å². The quantitative estimate of drug-likeness (QED) is 0.648. The number of hydrogen-bond donors (Lipinski definition) is 2. The molecule has 0 atom stereocenters. The van der Waals surface area contributed by atoms with E-state index in [0.717, 1.165) is 30.4 Å². The van der Waals surface area contributed by atoms with Gasteiger partial charge in [-0.3, -0.25) is 0 Å². The highest BCUT2D eigenvalue weighted by Crippen LogP contribution is 2.38. The predicted molar refractivity (Wildman–Crippen MR) is 63.9 cm³/mol. The Hall–Kier alpha value is -0.660. The monoisotopic (exact) mass is 206 g/mol. The third-order valence-corrected chi connectivity index (χ3v) is 4.35. The number of nitrogens with one attached hydrogen (secondary N) is 2. The Morgan fingerprint density at radius 3 is 1.93 bits per heavy atom. The Kier molecular flexibility index (Phi) is 3.55. The van der Waals surface area contributed by atoms with Crippen molar-refractivity contribution in [1.29, 1.82) is 10.8 Å². The molecule has 2 saturated carbocycles. The second-order valence-electron chi connectivity index (χ2n) is 5.28. The third kappa shape index (κ3) is 2.67. The maximum Gasteiger partial charge on any atom is 0.00893 e. The summed E-state index contributed by atoms with van der Waals surface area (Å²) in [5.41, 5.74) is 0.972. The summed E-state index contributed by atoms with van der Waals surface area (Å²) in [6, 6.07) is 0. The van der Waals surface area contributed by atoms with Crippen molar-refractivity contribution in [3.05, 3.63) is 0 Å². The zero-order chi connectivity index (χ0) is 10.7. The second kappa shape index (κ2) is 4.91. The van der Waals surface area contributed by atoms with Crippen LogP contribution in [-0.4, -0.2) is 11.9 Å². The maximum absolute atomic E-state index is 7.62. The van der Waals surface area contributed by atoms with Crippen molar-refractivity contribution >= 4 is 11.9 Å². The average molecular weight is 206 g/mol. The van der Waals surface area contributed by atoms with Crippen molar-refractivity contribution in [3.8, 4) is 0 Å². The van der Waals surface area contributed by atoms with E-state index in [4.69, 9.17) is 10.8 Å². The van der Waals surface area contributed by atoms with E-state index in [1.807, 2.05) is 0 Å². The Bertz CT molecular complexity index is 229. The van der Waals surface area contributed by atoms with Crippen molar-refractivity contribution in [2.45, 2.75) is 51.4 Å². The Morgan fingerprint density at radius 1 is 0.867 bits per heavy atom. The minimum Gasteiger partial charge on any atom is -0.313 e. The molecule has 0 amide bonds. The fourth-order valence-corrected chi connectivity index (χ4v) is 3.24. The van der Waals surface area contributed by atoms with Crippen LogP contribution in [0.4, 0.5) is 0 Å². The molecule has 2 fully saturated rings. The topological polar surface area (TPSA) is 47.7 Å².